The summed E-state index contributed by atoms with van der Waals surface area (Å²) in [7, 11) is -2.92. The van der Waals surface area contributed by atoms with Crippen molar-refractivity contribution in [3.8, 4) is 0 Å². The molecular formula is C16H18ClNO3S. The first-order valence-electron chi connectivity index (χ1n) is 7.23. The van der Waals surface area contributed by atoms with Crippen LogP contribution < -0.4 is 0 Å². The van der Waals surface area contributed by atoms with Crippen LogP contribution >= 0.6 is 11.6 Å². The van der Waals surface area contributed by atoms with Gasteiger partial charge in [0.2, 0.25) is 0 Å². The number of sulfone groups is 1. The molecule has 3 rings (SSSR count). The Bertz CT molecular complexity index is 728. The molecule has 22 heavy (non-hydrogen) atoms. The first kappa shape index (κ1) is 15.6. The molecule has 1 aromatic carbocycles. The van der Waals surface area contributed by atoms with E-state index >= 15 is 0 Å². The van der Waals surface area contributed by atoms with Crippen molar-refractivity contribution in [2.75, 3.05) is 11.5 Å². The van der Waals surface area contributed by atoms with Crippen molar-refractivity contribution < 1.29 is 12.8 Å². The third-order valence-corrected chi connectivity index (χ3v) is 5.92. The molecule has 0 amide bonds. The molecular weight excluding hydrogens is 322 g/mol. The summed E-state index contributed by atoms with van der Waals surface area (Å²) in [5.74, 6) is 1.32. The maximum atomic E-state index is 11.8. The van der Waals surface area contributed by atoms with Crippen LogP contribution in [0.15, 0.2) is 47.1 Å². The molecule has 1 fully saturated rings. The van der Waals surface area contributed by atoms with E-state index in [1.807, 2.05) is 36.4 Å². The Labute approximate surface area is 135 Å². The Morgan fingerprint density at radius 3 is 2.73 bits per heavy atom. The molecule has 2 heterocycles. The lowest BCUT2D eigenvalue weighted by molar-refractivity contribution is 0.179. The number of benzene rings is 1. The second-order valence-electron chi connectivity index (χ2n) is 5.67. The van der Waals surface area contributed by atoms with Gasteiger partial charge in [0.05, 0.1) is 24.3 Å². The summed E-state index contributed by atoms with van der Waals surface area (Å²) in [5, 5.41) is 0.689. The van der Waals surface area contributed by atoms with Crippen LogP contribution in [-0.2, 0) is 22.9 Å². The van der Waals surface area contributed by atoms with Crippen molar-refractivity contribution >= 4 is 21.4 Å². The maximum Gasteiger partial charge on any atom is 0.151 e. The molecule has 0 radical (unpaired) electrons. The van der Waals surface area contributed by atoms with E-state index in [-0.39, 0.29) is 17.5 Å². The third kappa shape index (κ3) is 3.91. The van der Waals surface area contributed by atoms with Gasteiger partial charge in [0.1, 0.15) is 5.76 Å². The lowest BCUT2D eigenvalue weighted by Crippen LogP contribution is -2.35. The van der Waals surface area contributed by atoms with E-state index in [0.29, 0.717) is 24.5 Å². The number of rotatable bonds is 5. The highest BCUT2D eigenvalue weighted by atomic mass is 35.5. The molecule has 1 atom stereocenters. The zero-order chi connectivity index (χ0) is 15.6. The van der Waals surface area contributed by atoms with E-state index in [1.165, 1.54) is 0 Å². The second kappa shape index (κ2) is 6.44. The van der Waals surface area contributed by atoms with Gasteiger partial charge >= 0.3 is 0 Å². The van der Waals surface area contributed by atoms with Crippen LogP contribution in [0.1, 0.15) is 17.7 Å². The van der Waals surface area contributed by atoms with Crippen LogP contribution in [0.3, 0.4) is 0 Å². The van der Waals surface area contributed by atoms with Gasteiger partial charge in [0.25, 0.3) is 0 Å². The van der Waals surface area contributed by atoms with Gasteiger partial charge < -0.3 is 4.42 Å². The summed E-state index contributed by atoms with van der Waals surface area (Å²) < 4.78 is 29.0. The predicted molar refractivity (Wildman–Crippen MR) is 86.5 cm³/mol. The Morgan fingerprint density at radius 2 is 2.09 bits per heavy atom. The molecule has 6 heteroatoms. The molecule has 1 aromatic heterocycles. The fourth-order valence-corrected chi connectivity index (χ4v) is 4.82. The average Bonchev–Trinajstić information content (AvgIpc) is 3.07. The number of halogens is 1. The molecule has 1 aliphatic heterocycles. The number of nitrogens with zero attached hydrogens (tertiary/aromatic N) is 1. The number of hydrogen-bond acceptors (Lipinski definition) is 4. The van der Waals surface area contributed by atoms with Gasteiger partial charge in [0.15, 0.2) is 9.84 Å². The predicted octanol–water partition coefficient (Wildman–Crippen LogP) is 3.12. The largest absolute Gasteiger partial charge is 0.468 e. The standard InChI is InChI=1S/C16H18ClNO3S/c17-14-4-1-3-13(9-14)10-18(11-16-5-2-7-21-16)15-6-8-22(19,20)12-15/h1-5,7,9,15H,6,8,10-12H2/t15-/m1/s1. The van der Waals surface area contributed by atoms with Crippen molar-refractivity contribution in [1.82, 2.24) is 4.90 Å². The Hall–Kier alpha value is -1.30. The van der Waals surface area contributed by atoms with Gasteiger partial charge in [-0.25, -0.2) is 8.42 Å². The van der Waals surface area contributed by atoms with E-state index in [1.54, 1.807) is 6.26 Å². The Morgan fingerprint density at radius 1 is 1.23 bits per heavy atom. The van der Waals surface area contributed by atoms with Crippen molar-refractivity contribution in [3.05, 3.63) is 59.0 Å². The van der Waals surface area contributed by atoms with Crippen LogP contribution in [0.5, 0.6) is 0 Å². The summed E-state index contributed by atoms with van der Waals surface area (Å²) in [6, 6.07) is 11.4. The quantitative estimate of drug-likeness (QED) is 0.839. The maximum absolute atomic E-state index is 11.8. The van der Waals surface area contributed by atoms with Gasteiger partial charge in [-0.05, 0) is 36.2 Å². The molecule has 4 nitrogen and oxygen atoms in total. The van der Waals surface area contributed by atoms with Crippen LogP contribution in [-0.4, -0.2) is 30.9 Å². The first-order chi connectivity index (χ1) is 10.5. The van der Waals surface area contributed by atoms with Crippen molar-refractivity contribution in [3.63, 3.8) is 0 Å². The minimum atomic E-state index is -2.92. The molecule has 0 N–H and O–H groups in total. The molecule has 118 valence electrons. The number of hydrogen-bond donors (Lipinski definition) is 0. The van der Waals surface area contributed by atoms with Gasteiger partial charge in [-0.1, -0.05) is 23.7 Å². The van der Waals surface area contributed by atoms with Crippen LogP contribution in [0, 0.1) is 0 Å². The lowest BCUT2D eigenvalue weighted by atomic mass is 10.1. The second-order valence-corrected chi connectivity index (χ2v) is 8.34. The van der Waals surface area contributed by atoms with E-state index in [9.17, 15) is 8.42 Å². The van der Waals surface area contributed by atoms with E-state index in [4.69, 9.17) is 16.0 Å². The summed E-state index contributed by atoms with van der Waals surface area (Å²) in [6.07, 6.45) is 2.31. The minimum Gasteiger partial charge on any atom is -0.468 e. The zero-order valence-electron chi connectivity index (χ0n) is 12.1. The van der Waals surface area contributed by atoms with Gasteiger partial charge in [-0.3, -0.25) is 4.90 Å². The molecule has 0 spiro atoms. The molecule has 0 bridgehead atoms. The zero-order valence-corrected chi connectivity index (χ0v) is 13.7. The van der Waals surface area contributed by atoms with E-state index < -0.39 is 9.84 Å². The van der Waals surface area contributed by atoms with Gasteiger partial charge in [-0.2, -0.15) is 0 Å². The van der Waals surface area contributed by atoms with Crippen molar-refractivity contribution in [2.45, 2.75) is 25.6 Å². The molecule has 0 aliphatic carbocycles. The van der Waals surface area contributed by atoms with Gasteiger partial charge in [0, 0.05) is 17.6 Å². The minimum absolute atomic E-state index is 0.0223. The summed E-state index contributed by atoms with van der Waals surface area (Å²) >= 11 is 6.04. The third-order valence-electron chi connectivity index (χ3n) is 3.94. The highest BCUT2D eigenvalue weighted by molar-refractivity contribution is 7.91. The SMILES string of the molecule is O=S1(=O)CC[C@@H](N(Cc2cccc(Cl)c2)Cc2ccco2)C1. The fourth-order valence-electron chi connectivity index (χ4n) is 2.85. The molecule has 0 unspecified atom stereocenters. The van der Waals surface area contributed by atoms with E-state index in [0.717, 1.165) is 11.3 Å². The van der Waals surface area contributed by atoms with Gasteiger partial charge in [-0.15, -0.1) is 0 Å². The molecule has 2 aromatic rings. The first-order valence-corrected chi connectivity index (χ1v) is 9.43. The summed E-state index contributed by atoms with van der Waals surface area (Å²) in [5.41, 5.74) is 1.07. The van der Waals surface area contributed by atoms with E-state index in [2.05, 4.69) is 4.90 Å². The highest BCUT2D eigenvalue weighted by Crippen LogP contribution is 2.23. The lowest BCUT2D eigenvalue weighted by Gasteiger charge is -2.27. The average molecular weight is 340 g/mol. The number of furan rings is 1. The molecule has 1 aliphatic rings. The topological polar surface area (TPSA) is 50.5 Å². The fraction of sp³-hybridized carbons (Fsp3) is 0.375. The summed E-state index contributed by atoms with van der Waals surface area (Å²) in [4.78, 5) is 2.16. The normalized spacial score (nSPS) is 20.5. The monoisotopic (exact) mass is 339 g/mol. The smallest absolute Gasteiger partial charge is 0.151 e. The summed E-state index contributed by atoms with van der Waals surface area (Å²) in [6.45, 7) is 1.25. The molecule has 1 saturated heterocycles. The van der Waals surface area contributed by atoms with Crippen LogP contribution in [0.4, 0.5) is 0 Å². The molecule has 0 saturated carbocycles. The van der Waals surface area contributed by atoms with Crippen LogP contribution in [0.25, 0.3) is 0 Å². The van der Waals surface area contributed by atoms with Crippen molar-refractivity contribution in [2.24, 2.45) is 0 Å². The van der Waals surface area contributed by atoms with Crippen LogP contribution in [0.2, 0.25) is 5.02 Å². The Kier molecular flexibility index (Phi) is 4.57. The van der Waals surface area contributed by atoms with Crippen molar-refractivity contribution in [1.29, 1.82) is 0 Å². The highest BCUT2D eigenvalue weighted by Gasteiger charge is 2.32. The Balaban J connectivity index is 1.79.